The van der Waals surface area contributed by atoms with E-state index in [1.165, 1.54) is 24.0 Å². The molecule has 0 aliphatic heterocycles. The van der Waals surface area contributed by atoms with E-state index in [4.69, 9.17) is 0 Å². The molecule has 0 nitrogen and oxygen atoms in total. The van der Waals surface area contributed by atoms with Crippen LogP contribution in [-0.4, -0.2) is 0 Å². The molecule has 2 aliphatic rings. The Morgan fingerprint density at radius 1 is 0.682 bits per heavy atom. The molecule has 0 bridgehead atoms. The minimum absolute atomic E-state index is 0.276. The molecule has 0 N–H and O–H groups in total. The van der Waals surface area contributed by atoms with Crippen LogP contribution >= 0.6 is 0 Å². The number of rotatable bonds is 3. The van der Waals surface area contributed by atoms with Crippen LogP contribution in [0.25, 0.3) is 0 Å². The predicted octanol–water partition coefficient (Wildman–Crippen LogP) is 6.86. The van der Waals surface area contributed by atoms with Crippen molar-refractivity contribution >= 4 is 0 Å². The molecule has 0 heterocycles. The van der Waals surface area contributed by atoms with E-state index in [1.807, 2.05) is 0 Å². The van der Waals surface area contributed by atoms with Crippen molar-refractivity contribution in [2.24, 2.45) is 22.7 Å². The maximum absolute atomic E-state index is 2.51. The summed E-state index contributed by atoms with van der Waals surface area (Å²) in [6, 6.07) is 0. The van der Waals surface area contributed by atoms with Crippen molar-refractivity contribution in [3.8, 4) is 0 Å². The smallest absolute Gasteiger partial charge is 0.00165 e. The fraction of sp³-hybridized carbons (Fsp3) is 0.636. The third kappa shape index (κ3) is 3.83. The first-order chi connectivity index (χ1) is 9.98. The summed E-state index contributed by atoms with van der Waals surface area (Å²) in [5.74, 6) is 1.29. The van der Waals surface area contributed by atoms with Crippen molar-refractivity contribution < 1.29 is 0 Å². The van der Waals surface area contributed by atoms with E-state index in [2.05, 4.69) is 79.7 Å². The Balaban J connectivity index is 2.01. The largest absolute Gasteiger partial charge is 0.0736 e. The maximum atomic E-state index is 2.51. The van der Waals surface area contributed by atoms with Crippen molar-refractivity contribution in [3.63, 3.8) is 0 Å². The molecule has 2 atom stereocenters. The molecule has 0 spiro atoms. The summed E-state index contributed by atoms with van der Waals surface area (Å²) in [6.07, 6.45) is 12.4. The average molecular weight is 299 g/mol. The van der Waals surface area contributed by atoms with E-state index in [1.54, 1.807) is 11.1 Å². The second kappa shape index (κ2) is 5.87. The van der Waals surface area contributed by atoms with Crippen molar-refractivity contribution in [2.45, 2.75) is 68.2 Å². The number of hydrogen-bond donors (Lipinski definition) is 0. The first-order valence-electron chi connectivity index (χ1n) is 8.79. The van der Waals surface area contributed by atoms with Gasteiger partial charge in [0.2, 0.25) is 0 Å². The number of allylic oxidation sites excluding steroid dienone is 8. The van der Waals surface area contributed by atoms with Gasteiger partial charge in [-0.15, -0.1) is 0 Å². The van der Waals surface area contributed by atoms with Crippen molar-refractivity contribution in [3.05, 3.63) is 46.6 Å². The molecule has 2 aliphatic carbocycles. The van der Waals surface area contributed by atoms with Crippen LogP contribution in [0.15, 0.2) is 46.6 Å². The Bertz CT molecular complexity index is 498. The van der Waals surface area contributed by atoms with E-state index < -0.39 is 0 Å². The van der Waals surface area contributed by atoms with Gasteiger partial charge >= 0.3 is 0 Å². The topological polar surface area (TPSA) is 0 Å². The fourth-order valence-corrected chi connectivity index (χ4v) is 3.41. The van der Waals surface area contributed by atoms with Crippen molar-refractivity contribution in [2.75, 3.05) is 0 Å². The molecule has 0 aromatic heterocycles. The Morgan fingerprint density at radius 3 is 1.23 bits per heavy atom. The van der Waals surface area contributed by atoms with Gasteiger partial charge in [-0.3, -0.25) is 0 Å². The maximum Gasteiger partial charge on any atom is -0.00165 e. The van der Waals surface area contributed by atoms with Gasteiger partial charge in [0, 0.05) is 0 Å². The molecule has 2 unspecified atom stereocenters. The summed E-state index contributed by atoms with van der Waals surface area (Å²) in [4.78, 5) is 0. The number of hydrogen-bond acceptors (Lipinski definition) is 0. The van der Waals surface area contributed by atoms with Crippen molar-refractivity contribution in [1.82, 2.24) is 0 Å². The molecule has 0 fully saturated rings. The lowest BCUT2D eigenvalue weighted by atomic mass is 9.86. The molecule has 0 heteroatoms. The molecule has 0 saturated heterocycles. The Hall–Kier alpha value is -1.04. The van der Waals surface area contributed by atoms with Crippen LogP contribution in [0.3, 0.4) is 0 Å². The predicted molar refractivity (Wildman–Crippen MR) is 98.8 cm³/mol. The Kier molecular flexibility index (Phi) is 4.62. The van der Waals surface area contributed by atoms with Crippen LogP contribution < -0.4 is 0 Å². The SMILES string of the molecule is CC1=CC(C(C)(C)C)=CC1CCC1C=C(C(C)(C)C)C=C1C. The van der Waals surface area contributed by atoms with Crippen LogP contribution in [-0.2, 0) is 0 Å². The third-order valence-corrected chi connectivity index (χ3v) is 5.22. The highest BCUT2D eigenvalue weighted by molar-refractivity contribution is 5.40. The summed E-state index contributed by atoms with van der Waals surface area (Å²) in [7, 11) is 0. The van der Waals surface area contributed by atoms with E-state index in [9.17, 15) is 0 Å². The minimum Gasteiger partial charge on any atom is -0.0736 e. The van der Waals surface area contributed by atoms with Crippen LogP contribution in [0.4, 0.5) is 0 Å². The second-order valence-electron chi connectivity index (χ2n) is 9.31. The standard InChI is InChI=1S/C22H34/c1-15-11-19(21(3,4)5)13-17(15)9-10-18-14-20(12-16(18)2)22(6,7)8/h11-14,17-18H,9-10H2,1-8H3. The zero-order valence-corrected chi connectivity index (χ0v) is 15.9. The molecule has 0 aromatic rings. The van der Waals surface area contributed by atoms with Crippen LogP contribution in [0.2, 0.25) is 0 Å². The van der Waals surface area contributed by atoms with Gasteiger partial charge in [0.15, 0.2) is 0 Å². The van der Waals surface area contributed by atoms with E-state index in [0.29, 0.717) is 11.8 Å². The van der Waals surface area contributed by atoms with Crippen LogP contribution in [0.1, 0.15) is 68.2 Å². The summed E-state index contributed by atoms with van der Waals surface area (Å²) < 4.78 is 0. The highest BCUT2D eigenvalue weighted by atomic mass is 14.3. The van der Waals surface area contributed by atoms with Gasteiger partial charge in [-0.05, 0) is 60.5 Å². The molecule has 0 radical (unpaired) electrons. The van der Waals surface area contributed by atoms with E-state index in [0.717, 1.165) is 0 Å². The van der Waals surface area contributed by atoms with Gasteiger partial charge in [-0.25, -0.2) is 0 Å². The van der Waals surface area contributed by atoms with Crippen LogP contribution in [0, 0.1) is 22.7 Å². The molecule has 122 valence electrons. The Labute approximate surface area is 138 Å². The molecule has 2 rings (SSSR count). The molecule has 0 amide bonds. The first kappa shape index (κ1) is 17.3. The molecular formula is C22H34. The lowest BCUT2D eigenvalue weighted by Crippen LogP contribution is -2.07. The van der Waals surface area contributed by atoms with Gasteiger partial charge in [0.1, 0.15) is 0 Å². The van der Waals surface area contributed by atoms with E-state index >= 15 is 0 Å². The summed E-state index contributed by atoms with van der Waals surface area (Å²) >= 11 is 0. The highest BCUT2D eigenvalue weighted by Gasteiger charge is 2.26. The zero-order chi connectivity index (χ0) is 16.7. The summed E-state index contributed by atoms with van der Waals surface area (Å²) in [6.45, 7) is 18.5. The minimum atomic E-state index is 0.276. The second-order valence-corrected chi connectivity index (χ2v) is 9.31. The van der Waals surface area contributed by atoms with Gasteiger partial charge in [-0.2, -0.15) is 0 Å². The molecule has 0 saturated carbocycles. The Morgan fingerprint density at radius 2 is 1.00 bits per heavy atom. The quantitative estimate of drug-likeness (QED) is 0.533. The van der Waals surface area contributed by atoms with Crippen molar-refractivity contribution in [1.29, 1.82) is 0 Å². The van der Waals surface area contributed by atoms with Gasteiger partial charge < -0.3 is 0 Å². The third-order valence-electron chi connectivity index (χ3n) is 5.22. The zero-order valence-electron chi connectivity index (χ0n) is 15.9. The lowest BCUT2D eigenvalue weighted by molar-refractivity contribution is 0.509. The highest BCUT2D eigenvalue weighted by Crippen LogP contribution is 2.40. The van der Waals surface area contributed by atoms with Gasteiger partial charge in [0.25, 0.3) is 0 Å². The summed E-state index contributed by atoms with van der Waals surface area (Å²) in [5, 5.41) is 0. The molecule has 22 heavy (non-hydrogen) atoms. The monoisotopic (exact) mass is 298 g/mol. The normalized spacial score (nSPS) is 25.8. The molecular weight excluding hydrogens is 264 g/mol. The van der Waals surface area contributed by atoms with Gasteiger partial charge in [0.05, 0.1) is 0 Å². The van der Waals surface area contributed by atoms with Gasteiger partial charge in [-0.1, -0.05) is 77.0 Å². The fourth-order valence-electron chi connectivity index (χ4n) is 3.41. The first-order valence-corrected chi connectivity index (χ1v) is 8.79. The summed E-state index contributed by atoms with van der Waals surface area (Å²) in [5.41, 5.74) is 6.67. The average Bonchev–Trinajstić information content (AvgIpc) is 2.89. The van der Waals surface area contributed by atoms with E-state index in [-0.39, 0.29) is 10.8 Å². The molecule has 0 aromatic carbocycles. The van der Waals surface area contributed by atoms with Crippen LogP contribution in [0.5, 0.6) is 0 Å². The lowest BCUT2D eigenvalue weighted by Gasteiger charge is -2.19.